The molecule has 1 amide bonds. The fourth-order valence-electron chi connectivity index (χ4n) is 2.03. The summed E-state index contributed by atoms with van der Waals surface area (Å²) in [6.45, 7) is 0. The third kappa shape index (κ3) is 3.86. The Bertz CT molecular complexity index is 857. The molecule has 0 aliphatic carbocycles. The molecule has 0 aliphatic rings. The van der Waals surface area contributed by atoms with Gasteiger partial charge in [0.2, 0.25) is 5.89 Å². The summed E-state index contributed by atoms with van der Waals surface area (Å²) in [5.41, 5.74) is 1.64. The molecular weight excluding hydrogens is 306 g/mol. The van der Waals surface area contributed by atoms with Gasteiger partial charge in [-0.1, -0.05) is 41.5 Å². The Balaban J connectivity index is 1.67. The van der Waals surface area contributed by atoms with Crippen molar-refractivity contribution in [2.24, 2.45) is 0 Å². The van der Waals surface area contributed by atoms with Gasteiger partial charge in [-0.3, -0.25) is 10.1 Å². The van der Waals surface area contributed by atoms with Crippen LogP contribution in [-0.2, 0) is 4.79 Å². The Labute approximate surface area is 138 Å². The maximum Gasteiger partial charge on any atom is 0.322 e. The van der Waals surface area contributed by atoms with Crippen LogP contribution in [-0.4, -0.2) is 23.2 Å². The number of ether oxygens (including phenoxy) is 1. The zero-order valence-corrected chi connectivity index (χ0v) is 13.0. The number of carbonyl (C=O) groups is 1. The van der Waals surface area contributed by atoms with Gasteiger partial charge in [0.1, 0.15) is 5.75 Å². The highest BCUT2D eigenvalue weighted by atomic mass is 16.5. The summed E-state index contributed by atoms with van der Waals surface area (Å²) < 4.78 is 10.6. The average molecular weight is 321 g/mol. The van der Waals surface area contributed by atoms with Crippen LogP contribution >= 0.6 is 0 Å². The fourth-order valence-corrected chi connectivity index (χ4v) is 2.03. The first-order chi connectivity index (χ1) is 11.7. The van der Waals surface area contributed by atoms with Gasteiger partial charge in [0, 0.05) is 11.6 Å². The van der Waals surface area contributed by atoms with Crippen LogP contribution in [0.5, 0.6) is 5.75 Å². The standard InChI is InChI=1S/C18H15N3O3/c1-23-15-9-5-8-14(12-15)17-20-21-18(24-17)19-16(22)11-10-13-6-3-2-4-7-13/h2-12H,1H3,(H,19,21,22). The van der Waals surface area contributed by atoms with E-state index in [2.05, 4.69) is 15.5 Å². The van der Waals surface area contributed by atoms with Gasteiger partial charge in [-0.15, -0.1) is 5.10 Å². The van der Waals surface area contributed by atoms with Gasteiger partial charge in [-0.2, -0.15) is 0 Å². The highest BCUT2D eigenvalue weighted by Crippen LogP contribution is 2.23. The molecule has 2 aromatic carbocycles. The predicted octanol–water partition coefficient (Wildman–Crippen LogP) is 3.40. The quantitative estimate of drug-likeness (QED) is 0.729. The van der Waals surface area contributed by atoms with Crippen molar-refractivity contribution in [1.82, 2.24) is 10.2 Å². The van der Waals surface area contributed by atoms with Gasteiger partial charge in [0.15, 0.2) is 0 Å². The number of aromatic nitrogens is 2. The van der Waals surface area contributed by atoms with Crippen molar-refractivity contribution in [3.8, 4) is 17.2 Å². The topological polar surface area (TPSA) is 77.3 Å². The number of hydrogen-bond donors (Lipinski definition) is 1. The van der Waals surface area contributed by atoms with Crippen LogP contribution in [0.15, 0.2) is 65.1 Å². The van der Waals surface area contributed by atoms with E-state index >= 15 is 0 Å². The highest BCUT2D eigenvalue weighted by molar-refractivity contribution is 6.00. The van der Waals surface area contributed by atoms with Crippen LogP contribution in [0.1, 0.15) is 5.56 Å². The molecule has 0 unspecified atom stereocenters. The zero-order chi connectivity index (χ0) is 16.8. The number of amides is 1. The normalized spacial score (nSPS) is 10.7. The number of methoxy groups -OCH3 is 1. The first kappa shape index (κ1) is 15.5. The molecule has 24 heavy (non-hydrogen) atoms. The maximum absolute atomic E-state index is 11.9. The molecule has 0 radical (unpaired) electrons. The molecular formula is C18H15N3O3. The molecule has 0 bridgehead atoms. The van der Waals surface area contributed by atoms with Crippen LogP contribution < -0.4 is 10.1 Å². The van der Waals surface area contributed by atoms with E-state index in [0.717, 1.165) is 5.56 Å². The summed E-state index contributed by atoms with van der Waals surface area (Å²) in [6, 6.07) is 16.8. The number of nitrogens with one attached hydrogen (secondary N) is 1. The second-order valence-corrected chi connectivity index (χ2v) is 4.88. The molecule has 6 heteroatoms. The van der Waals surface area contributed by atoms with E-state index in [1.165, 1.54) is 6.08 Å². The molecule has 0 saturated carbocycles. The summed E-state index contributed by atoms with van der Waals surface area (Å²) in [5, 5.41) is 10.3. The van der Waals surface area contributed by atoms with Crippen molar-refractivity contribution in [3.63, 3.8) is 0 Å². The highest BCUT2D eigenvalue weighted by Gasteiger charge is 2.10. The predicted molar refractivity (Wildman–Crippen MR) is 90.4 cm³/mol. The Kier molecular flexibility index (Phi) is 4.67. The first-order valence-electron chi connectivity index (χ1n) is 7.26. The van der Waals surface area contributed by atoms with Crippen molar-refractivity contribution in [2.45, 2.75) is 0 Å². The number of rotatable bonds is 5. The largest absolute Gasteiger partial charge is 0.497 e. The van der Waals surface area contributed by atoms with Crippen LogP contribution in [0, 0.1) is 0 Å². The molecule has 0 aliphatic heterocycles. The van der Waals surface area contributed by atoms with E-state index in [4.69, 9.17) is 9.15 Å². The lowest BCUT2D eigenvalue weighted by Gasteiger charge is -2.00. The van der Waals surface area contributed by atoms with Crippen LogP contribution in [0.4, 0.5) is 6.01 Å². The lowest BCUT2D eigenvalue weighted by Crippen LogP contribution is -2.07. The summed E-state index contributed by atoms with van der Waals surface area (Å²) in [4.78, 5) is 11.9. The average Bonchev–Trinajstić information content (AvgIpc) is 3.09. The first-order valence-corrected chi connectivity index (χ1v) is 7.26. The van der Waals surface area contributed by atoms with Crippen molar-refractivity contribution in [1.29, 1.82) is 0 Å². The summed E-state index contributed by atoms with van der Waals surface area (Å²) in [7, 11) is 1.58. The molecule has 3 rings (SSSR count). The fraction of sp³-hybridized carbons (Fsp3) is 0.0556. The van der Waals surface area contributed by atoms with E-state index < -0.39 is 0 Å². The van der Waals surface area contributed by atoms with Crippen molar-refractivity contribution >= 4 is 18.0 Å². The minimum absolute atomic E-state index is 0.0375. The van der Waals surface area contributed by atoms with Gasteiger partial charge in [0.05, 0.1) is 7.11 Å². The van der Waals surface area contributed by atoms with Crippen LogP contribution in [0.25, 0.3) is 17.5 Å². The Morgan fingerprint density at radius 1 is 1.12 bits per heavy atom. The summed E-state index contributed by atoms with van der Waals surface area (Å²) in [6.07, 6.45) is 3.11. The number of anilines is 1. The smallest absolute Gasteiger partial charge is 0.322 e. The molecule has 3 aromatic rings. The number of hydrogen-bond acceptors (Lipinski definition) is 5. The SMILES string of the molecule is COc1cccc(-c2nnc(NC(=O)C=Cc3ccccc3)o2)c1. The lowest BCUT2D eigenvalue weighted by atomic mass is 10.2. The van der Waals surface area contributed by atoms with Crippen LogP contribution in [0.2, 0.25) is 0 Å². The summed E-state index contributed by atoms with van der Waals surface area (Å²) >= 11 is 0. The van der Waals surface area contributed by atoms with Crippen molar-refractivity contribution in [3.05, 3.63) is 66.2 Å². The van der Waals surface area contributed by atoms with Crippen molar-refractivity contribution < 1.29 is 13.9 Å². The number of nitrogens with zero attached hydrogens (tertiary/aromatic N) is 2. The molecule has 1 heterocycles. The molecule has 6 nitrogen and oxygen atoms in total. The third-order valence-corrected chi connectivity index (χ3v) is 3.20. The second-order valence-electron chi connectivity index (χ2n) is 4.88. The van der Waals surface area contributed by atoms with Gasteiger partial charge < -0.3 is 9.15 Å². The Hall–Kier alpha value is -3.41. The Morgan fingerprint density at radius 3 is 2.75 bits per heavy atom. The summed E-state index contributed by atoms with van der Waals surface area (Å²) in [5.74, 6) is 0.637. The zero-order valence-electron chi connectivity index (χ0n) is 13.0. The van der Waals surface area contributed by atoms with E-state index in [0.29, 0.717) is 17.2 Å². The molecule has 120 valence electrons. The molecule has 1 aromatic heterocycles. The maximum atomic E-state index is 11.9. The van der Waals surface area contributed by atoms with Crippen LogP contribution in [0.3, 0.4) is 0 Å². The minimum Gasteiger partial charge on any atom is -0.497 e. The monoisotopic (exact) mass is 321 g/mol. The number of carbonyl (C=O) groups excluding carboxylic acids is 1. The minimum atomic E-state index is -0.348. The lowest BCUT2D eigenvalue weighted by molar-refractivity contribution is -0.112. The second kappa shape index (κ2) is 7.23. The molecule has 1 N–H and O–H groups in total. The van der Waals surface area contributed by atoms with E-state index in [-0.39, 0.29) is 11.9 Å². The number of benzene rings is 2. The van der Waals surface area contributed by atoms with Gasteiger partial charge >= 0.3 is 6.01 Å². The molecule has 0 fully saturated rings. The molecule has 0 atom stereocenters. The third-order valence-electron chi connectivity index (χ3n) is 3.20. The van der Waals surface area contributed by atoms with E-state index in [1.54, 1.807) is 19.3 Å². The Morgan fingerprint density at radius 2 is 1.96 bits per heavy atom. The van der Waals surface area contributed by atoms with E-state index in [1.807, 2.05) is 48.5 Å². The van der Waals surface area contributed by atoms with E-state index in [9.17, 15) is 4.79 Å². The molecule has 0 saturated heterocycles. The van der Waals surface area contributed by atoms with Gasteiger partial charge in [0.25, 0.3) is 5.91 Å². The molecule has 0 spiro atoms. The van der Waals surface area contributed by atoms with Gasteiger partial charge in [-0.05, 0) is 29.8 Å². The van der Waals surface area contributed by atoms with Gasteiger partial charge in [-0.25, -0.2) is 0 Å². The van der Waals surface area contributed by atoms with Crippen molar-refractivity contribution in [2.75, 3.05) is 12.4 Å².